The third-order valence-corrected chi connectivity index (χ3v) is 2.68. The molecular formula is C12H7BrN2O2. The van der Waals surface area contributed by atoms with Crippen molar-refractivity contribution in [1.82, 2.24) is 0 Å². The lowest BCUT2D eigenvalue weighted by molar-refractivity contribution is 0.0600. The van der Waals surface area contributed by atoms with Gasteiger partial charge in [0.05, 0.1) is 12.7 Å². The number of hydrogen-bond donors (Lipinski definition) is 0. The van der Waals surface area contributed by atoms with Gasteiger partial charge in [0.2, 0.25) is 0 Å². The molecule has 0 radical (unpaired) electrons. The molecule has 0 unspecified atom stereocenters. The van der Waals surface area contributed by atoms with E-state index in [1.165, 1.54) is 13.2 Å². The zero-order valence-corrected chi connectivity index (χ0v) is 10.5. The highest BCUT2D eigenvalue weighted by molar-refractivity contribution is 9.10. The summed E-state index contributed by atoms with van der Waals surface area (Å²) in [4.78, 5) is 11.5. The second kappa shape index (κ2) is 5.83. The fraction of sp³-hybridized carbons (Fsp3) is 0.0833. The predicted molar refractivity (Wildman–Crippen MR) is 64.7 cm³/mol. The van der Waals surface area contributed by atoms with Crippen molar-refractivity contribution in [2.45, 2.75) is 0 Å². The Kier molecular flexibility index (Phi) is 4.45. The van der Waals surface area contributed by atoms with Gasteiger partial charge in [-0.25, -0.2) is 4.79 Å². The van der Waals surface area contributed by atoms with Gasteiger partial charge in [0.15, 0.2) is 0 Å². The third-order valence-electron chi connectivity index (χ3n) is 1.99. The van der Waals surface area contributed by atoms with Crippen LogP contribution in [0.3, 0.4) is 0 Å². The molecule has 0 saturated heterocycles. The molecule has 0 bridgehead atoms. The molecule has 1 aromatic carbocycles. The Morgan fingerprint density at radius 1 is 1.41 bits per heavy atom. The molecule has 0 N–H and O–H groups in total. The predicted octanol–water partition coefficient (Wildman–Crippen LogP) is 2.67. The summed E-state index contributed by atoms with van der Waals surface area (Å²) in [6.07, 6.45) is 1.34. The van der Waals surface area contributed by atoms with Crippen molar-refractivity contribution in [2.75, 3.05) is 7.11 Å². The van der Waals surface area contributed by atoms with Gasteiger partial charge < -0.3 is 4.74 Å². The highest BCUT2D eigenvalue weighted by atomic mass is 79.9. The fourth-order valence-corrected chi connectivity index (χ4v) is 1.69. The highest BCUT2D eigenvalue weighted by Gasteiger charge is 2.13. The summed E-state index contributed by atoms with van der Waals surface area (Å²) in [7, 11) is 1.27. The van der Waals surface area contributed by atoms with E-state index in [2.05, 4.69) is 20.7 Å². The van der Waals surface area contributed by atoms with Gasteiger partial charge in [0.1, 0.15) is 17.7 Å². The SMILES string of the molecule is COC(=O)c1cccc(Br)c1C=C(C#N)C#N. The molecule has 0 amide bonds. The summed E-state index contributed by atoms with van der Waals surface area (Å²) < 4.78 is 5.24. The van der Waals surface area contributed by atoms with Gasteiger partial charge in [-0.3, -0.25) is 0 Å². The normalized spacial score (nSPS) is 8.71. The Labute approximate surface area is 107 Å². The van der Waals surface area contributed by atoms with Crippen LogP contribution in [0.15, 0.2) is 28.2 Å². The molecule has 84 valence electrons. The molecule has 0 spiro atoms. The van der Waals surface area contributed by atoms with Gasteiger partial charge in [-0.15, -0.1) is 0 Å². The van der Waals surface area contributed by atoms with E-state index in [0.29, 0.717) is 15.6 Å². The van der Waals surface area contributed by atoms with Crippen molar-refractivity contribution in [3.8, 4) is 12.1 Å². The second-order valence-corrected chi connectivity index (χ2v) is 3.83. The average molecular weight is 291 g/mol. The largest absolute Gasteiger partial charge is 0.465 e. The van der Waals surface area contributed by atoms with E-state index in [1.807, 2.05) is 0 Å². The van der Waals surface area contributed by atoms with Gasteiger partial charge in [0, 0.05) is 10.0 Å². The minimum atomic E-state index is -0.521. The van der Waals surface area contributed by atoms with Crippen LogP contribution in [-0.2, 0) is 4.74 Å². The molecule has 1 aromatic rings. The summed E-state index contributed by atoms with van der Waals surface area (Å²) in [6.45, 7) is 0. The lowest BCUT2D eigenvalue weighted by Gasteiger charge is -2.05. The number of carbonyl (C=O) groups is 1. The number of nitriles is 2. The highest BCUT2D eigenvalue weighted by Crippen LogP contribution is 2.24. The van der Waals surface area contributed by atoms with E-state index in [0.717, 1.165) is 0 Å². The number of carbonyl (C=O) groups excluding carboxylic acids is 1. The smallest absolute Gasteiger partial charge is 0.338 e. The third kappa shape index (κ3) is 2.93. The lowest BCUT2D eigenvalue weighted by atomic mass is 10.1. The zero-order valence-electron chi connectivity index (χ0n) is 8.90. The summed E-state index contributed by atoms with van der Waals surface area (Å²) in [6, 6.07) is 8.43. The number of ether oxygens (including phenoxy) is 1. The number of nitrogens with zero attached hydrogens (tertiary/aromatic N) is 2. The molecule has 0 fully saturated rings. The van der Waals surface area contributed by atoms with E-state index in [1.54, 1.807) is 30.3 Å². The Hall–Kier alpha value is -2.11. The topological polar surface area (TPSA) is 73.9 Å². The van der Waals surface area contributed by atoms with Gasteiger partial charge in [-0.05, 0) is 18.2 Å². The Morgan fingerprint density at radius 2 is 2.06 bits per heavy atom. The van der Waals surface area contributed by atoms with Crippen molar-refractivity contribution in [3.63, 3.8) is 0 Å². The first-order valence-electron chi connectivity index (χ1n) is 4.52. The first kappa shape index (κ1) is 13.0. The summed E-state index contributed by atoms with van der Waals surface area (Å²) in [5.74, 6) is -0.521. The standard InChI is InChI=1S/C12H7BrN2O2/c1-17-12(16)9-3-2-4-11(13)10(9)5-8(6-14)7-15/h2-5H,1H3. The van der Waals surface area contributed by atoms with Crippen LogP contribution in [0.25, 0.3) is 6.08 Å². The Balaban J connectivity index is 3.43. The summed E-state index contributed by atoms with van der Waals surface area (Å²) in [5.41, 5.74) is 0.671. The molecular weight excluding hydrogens is 284 g/mol. The van der Waals surface area contributed by atoms with Crippen LogP contribution in [0.2, 0.25) is 0 Å². The van der Waals surface area contributed by atoms with Gasteiger partial charge in [0.25, 0.3) is 0 Å². The molecule has 0 aliphatic rings. The number of halogens is 1. The molecule has 0 aliphatic heterocycles. The quantitative estimate of drug-likeness (QED) is 0.620. The maximum atomic E-state index is 11.5. The maximum absolute atomic E-state index is 11.5. The molecule has 0 atom stereocenters. The minimum Gasteiger partial charge on any atom is -0.465 e. The van der Waals surface area contributed by atoms with Gasteiger partial charge >= 0.3 is 5.97 Å². The van der Waals surface area contributed by atoms with E-state index >= 15 is 0 Å². The van der Waals surface area contributed by atoms with Crippen LogP contribution in [0.4, 0.5) is 0 Å². The lowest BCUT2D eigenvalue weighted by Crippen LogP contribution is -2.04. The molecule has 0 aromatic heterocycles. The van der Waals surface area contributed by atoms with Crippen LogP contribution >= 0.6 is 15.9 Å². The van der Waals surface area contributed by atoms with Crippen molar-refractivity contribution in [1.29, 1.82) is 10.5 Å². The first-order valence-corrected chi connectivity index (χ1v) is 5.32. The maximum Gasteiger partial charge on any atom is 0.338 e. The summed E-state index contributed by atoms with van der Waals surface area (Å²) >= 11 is 3.26. The molecule has 4 nitrogen and oxygen atoms in total. The van der Waals surface area contributed by atoms with Crippen LogP contribution in [0.5, 0.6) is 0 Å². The summed E-state index contributed by atoms with van der Waals surface area (Å²) in [5, 5.41) is 17.4. The molecule has 5 heteroatoms. The number of methoxy groups -OCH3 is 1. The Morgan fingerprint density at radius 3 is 2.59 bits per heavy atom. The minimum absolute atomic E-state index is 0.0814. The van der Waals surface area contributed by atoms with Crippen LogP contribution in [0, 0.1) is 22.7 Å². The first-order chi connectivity index (χ1) is 8.13. The zero-order chi connectivity index (χ0) is 12.8. The number of benzene rings is 1. The number of rotatable bonds is 2. The van der Waals surface area contributed by atoms with E-state index in [9.17, 15) is 4.79 Å². The van der Waals surface area contributed by atoms with Crippen LogP contribution in [0.1, 0.15) is 15.9 Å². The van der Waals surface area contributed by atoms with Crippen molar-refractivity contribution in [3.05, 3.63) is 39.4 Å². The monoisotopic (exact) mass is 290 g/mol. The van der Waals surface area contributed by atoms with Crippen LogP contribution < -0.4 is 0 Å². The van der Waals surface area contributed by atoms with E-state index in [-0.39, 0.29) is 5.57 Å². The van der Waals surface area contributed by atoms with Crippen molar-refractivity contribution < 1.29 is 9.53 Å². The van der Waals surface area contributed by atoms with Gasteiger partial charge in [-0.1, -0.05) is 22.0 Å². The number of hydrogen-bond acceptors (Lipinski definition) is 4. The van der Waals surface area contributed by atoms with Crippen LogP contribution in [-0.4, -0.2) is 13.1 Å². The van der Waals surface area contributed by atoms with E-state index in [4.69, 9.17) is 10.5 Å². The second-order valence-electron chi connectivity index (χ2n) is 2.97. The van der Waals surface area contributed by atoms with Crippen molar-refractivity contribution >= 4 is 28.0 Å². The fourth-order valence-electron chi connectivity index (χ4n) is 1.21. The Bertz CT molecular complexity index is 549. The molecule has 0 saturated carbocycles. The van der Waals surface area contributed by atoms with Gasteiger partial charge in [-0.2, -0.15) is 10.5 Å². The van der Waals surface area contributed by atoms with E-state index < -0.39 is 5.97 Å². The molecule has 1 rings (SSSR count). The molecule has 17 heavy (non-hydrogen) atoms. The van der Waals surface area contributed by atoms with Crippen molar-refractivity contribution in [2.24, 2.45) is 0 Å². The molecule has 0 aliphatic carbocycles. The average Bonchev–Trinajstić information content (AvgIpc) is 2.36. The molecule has 0 heterocycles. The number of allylic oxidation sites excluding steroid dienone is 1. The number of esters is 1.